The average Bonchev–Trinajstić information content (AvgIpc) is 3.03. The zero-order valence-corrected chi connectivity index (χ0v) is 13.2. The molecular formula is C15H18N4OS. The second-order valence-corrected chi connectivity index (χ2v) is 6.09. The van der Waals surface area contributed by atoms with Gasteiger partial charge in [-0.1, -0.05) is 30.4 Å². The lowest BCUT2D eigenvalue weighted by atomic mass is 10.1. The molecule has 6 heteroatoms. The summed E-state index contributed by atoms with van der Waals surface area (Å²) in [4.78, 5) is 7.53. The van der Waals surface area contributed by atoms with Crippen LogP contribution in [0.15, 0.2) is 24.3 Å². The van der Waals surface area contributed by atoms with Crippen LogP contribution in [0.3, 0.4) is 0 Å². The normalized spacial score (nSPS) is 11.2. The standard InChI is InChI=1S/C15H18N4OS/c1-4-13-17-19-12(9-20)14(16-15(19)21-13)10-5-7-11(8-6-10)18(2)3/h5-8,20H,4,9H2,1-3H3. The van der Waals surface area contributed by atoms with E-state index >= 15 is 0 Å². The molecule has 0 saturated heterocycles. The topological polar surface area (TPSA) is 53.7 Å². The predicted molar refractivity (Wildman–Crippen MR) is 85.9 cm³/mol. The van der Waals surface area contributed by atoms with Crippen LogP contribution >= 0.6 is 11.3 Å². The number of benzene rings is 1. The van der Waals surface area contributed by atoms with E-state index < -0.39 is 0 Å². The van der Waals surface area contributed by atoms with Crippen molar-refractivity contribution in [3.05, 3.63) is 35.0 Å². The fraction of sp³-hybridized carbons (Fsp3) is 0.333. The first-order valence-corrected chi connectivity index (χ1v) is 7.71. The molecule has 2 heterocycles. The van der Waals surface area contributed by atoms with E-state index in [2.05, 4.69) is 34.0 Å². The molecule has 0 aliphatic carbocycles. The first kappa shape index (κ1) is 14.0. The molecule has 0 bridgehead atoms. The van der Waals surface area contributed by atoms with Crippen LogP contribution in [0.4, 0.5) is 5.69 Å². The van der Waals surface area contributed by atoms with Gasteiger partial charge < -0.3 is 10.0 Å². The molecule has 0 saturated carbocycles. The van der Waals surface area contributed by atoms with Gasteiger partial charge in [-0.3, -0.25) is 0 Å². The van der Waals surface area contributed by atoms with Gasteiger partial charge in [-0.15, -0.1) is 0 Å². The van der Waals surface area contributed by atoms with Gasteiger partial charge in [0.2, 0.25) is 4.96 Å². The van der Waals surface area contributed by atoms with Crippen LogP contribution in [0.5, 0.6) is 0 Å². The Hall–Kier alpha value is -1.92. The maximum absolute atomic E-state index is 9.69. The van der Waals surface area contributed by atoms with Crippen molar-refractivity contribution < 1.29 is 5.11 Å². The Morgan fingerprint density at radius 3 is 2.52 bits per heavy atom. The van der Waals surface area contributed by atoms with Gasteiger partial charge in [-0.25, -0.2) is 9.50 Å². The molecule has 0 aliphatic rings. The molecule has 5 nitrogen and oxygen atoms in total. The molecular weight excluding hydrogens is 284 g/mol. The first-order chi connectivity index (χ1) is 10.1. The number of aliphatic hydroxyl groups is 1. The van der Waals surface area contributed by atoms with Crippen molar-refractivity contribution in [2.45, 2.75) is 20.0 Å². The lowest BCUT2D eigenvalue weighted by Crippen LogP contribution is -2.08. The van der Waals surface area contributed by atoms with Crippen LogP contribution < -0.4 is 4.90 Å². The highest BCUT2D eigenvalue weighted by molar-refractivity contribution is 7.16. The third-order valence-corrected chi connectivity index (χ3v) is 4.50. The van der Waals surface area contributed by atoms with Crippen LogP contribution in [-0.4, -0.2) is 33.8 Å². The summed E-state index contributed by atoms with van der Waals surface area (Å²) in [6.07, 6.45) is 0.881. The molecule has 0 amide bonds. The van der Waals surface area contributed by atoms with E-state index in [1.807, 2.05) is 26.2 Å². The minimum atomic E-state index is -0.0706. The molecule has 0 fully saturated rings. The summed E-state index contributed by atoms with van der Waals surface area (Å²) in [5.74, 6) is 0. The highest BCUT2D eigenvalue weighted by atomic mass is 32.1. The van der Waals surface area contributed by atoms with Crippen molar-refractivity contribution >= 4 is 22.0 Å². The lowest BCUT2D eigenvalue weighted by Gasteiger charge is -2.12. The number of aryl methyl sites for hydroxylation is 1. The summed E-state index contributed by atoms with van der Waals surface area (Å²) in [7, 11) is 4.02. The number of hydrogen-bond donors (Lipinski definition) is 1. The third kappa shape index (κ3) is 2.41. The van der Waals surface area contributed by atoms with Crippen molar-refractivity contribution in [2.75, 3.05) is 19.0 Å². The highest BCUT2D eigenvalue weighted by Crippen LogP contribution is 2.28. The second-order valence-electron chi connectivity index (χ2n) is 5.05. The first-order valence-electron chi connectivity index (χ1n) is 6.90. The van der Waals surface area contributed by atoms with Gasteiger partial charge in [0.15, 0.2) is 0 Å². The maximum Gasteiger partial charge on any atom is 0.213 e. The van der Waals surface area contributed by atoms with E-state index in [1.165, 1.54) is 0 Å². The minimum Gasteiger partial charge on any atom is -0.390 e. The number of nitrogens with zero attached hydrogens (tertiary/aromatic N) is 4. The maximum atomic E-state index is 9.69. The quantitative estimate of drug-likeness (QED) is 0.805. The number of rotatable bonds is 4. The van der Waals surface area contributed by atoms with E-state index in [9.17, 15) is 5.11 Å². The predicted octanol–water partition coefficient (Wildman–Crippen LogP) is 2.58. The van der Waals surface area contributed by atoms with Crippen molar-refractivity contribution in [2.24, 2.45) is 0 Å². The van der Waals surface area contributed by atoms with E-state index in [0.29, 0.717) is 0 Å². The fourth-order valence-corrected chi connectivity index (χ4v) is 3.12. The van der Waals surface area contributed by atoms with Crippen LogP contribution in [0.1, 0.15) is 17.6 Å². The van der Waals surface area contributed by atoms with Gasteiger partial charge in [0.05, 0.1) is 18.0 Å². The van der Waals surface area contributed by atoms with E-state index in [4.69, 9.17) is 0 Å². The highest BCUT2D eigenvalue weighted by Gasteiger charge is 2.16. The van der Waals surface area contributed by atoms with Crippen molar-refractivity contribution in [1.82, 2.24) is 14.6 Å². The Morgan fingerprint density at radius 2 is 1.95 bits per heavy atom. The zero-order valence-electron chi connectivity index (χ0n) is 12.4. The number of aromatic nitrogens is 3. The molecule has 1 aromatic carbocycles. The largest absolute Gasteiger partial charge is 0.390 e. The third-order valence-electron chi connectivity index (χ3n) is 3.45. The molecule has 0 spiro atoms. The number of aliphatic hydroxyl groups excluding tert-OH is 1. The van der Waals surface area contributed by atoms with Gasteiger partial charge in [0.25, 0.3) is 0 Å². The number of fused-ring (bicyclic) bond motifs is 1. The summed E-state index contributed by atoms with van der Waals surface area (Å²) in [6, 6.07) is 8.16. The SMILES string of the molecule is CCc1nn2c(CO)c(-c3ccc(N(C)C)cc3)nc2s1. The Labute approximate surface area is 127 Å². The van der Waals surface area contributed by atoms with Crippen LogP contribution in [0.25, 0.3) is 16.2 Å². The summed E-state index contributed by atoms with van der Waals surface area (Å²) < 4.78 is 1.76. The van der Waals surface area contributed by atoms with Crippen molar-refractivity contribution in [1.29, 1.82) is 0 Å². The lowest BCUT2D eigenvalue weighted by molar-refractivity contribution is 0.275. The number of imidazole rings is 1. The molecule has 0 radical (unpaired) electrons. The van der Waals surface area contributed by atoms with Crippen molar-refractivity contribution in [3.63, 3.8) is 0 Å². The Morgan fingerprint density at radius 1 is 1.24 bits per heavy atom. The number of anilines is 1. The molecule has 2 aromatic heterocycles. The van der Waals surface area contributed by atoms with Crippen LogP contribution in [0.2, 0.25) is 0 Å². The molecule has 0 aliphatic heterocycles. The van der Waals surface area contributed by atoms with Gasteiger partial charge >= 0.3 is 0 Å². The molecule has 3 aromatic rings. The zero-order chi connectivity index (χ0) is 15.0. The summed E-state index contributed by atoms with van der Waals surface area (Å²) >= 11 is 1.57. The Kier molecular flexibility index (Phi) is 3.65. The van der Waals surface area contributed by atoms with E-state index in [0.717, 1.165) is 39.0 Å². The van der Waals surface area contributed by atoms with E-state index in [1.54, 1.807) is 15.9 Å². The van der Waals surface area contributed by atoms with Gasteiger partial charge in [-0.05, 0) is 18.6 Å². The smallest absolute Gasteiger partial charge is 0.213 e. The summed E-state index contributed by atoms with van der Waals surface area (Å²) in [5.41, 5.74) is 3.69. The van der Waals surface area contributed by atoms with Gasteiger partial charge in [0.1, 0.15) is 5.01 Å². The van der Waals surface area contributed by atoms with Crippen LogP contribution in [-0.2, 0) is 13.0 Å². The van der Waals surface area contributed by atoms with Crippen molar-refractivity contribution in [3.8, 4) is 11.3 Å². The summed E-state index contributed by atoms with van der Waals surface area (Å²) in [6.45, 7) is 2.00. The molecule has 3 rings (SSSR count). The van der Waals surface area contributed by atoms with Gasteiger partial charge in [-0.2, -0.15) is 5.10 Å². The molecule has 110 valence electrons. The van der Waals surface area contributed by atoms with Crippen LogP contribution in [0, 0.1) is 0 Å². The minimum absolute atomic E-state index is 0.0706. The number of hydrogen-bond acceptors (Lipinski definition) is 5. The summed E-state index contributed by atoms with van der Waals surface area (Å²) in [5, 5.41) is 15.2. The fourth-order valence-electron chi connectivity index (χ4n) is 2.26. The monoisotopic (exact) mass is 302 g/mol. The molecule has 0 atom stereocenters. The Bertz CT molecular complexity index is 758. The molecule has 0 unspecified atom stereocenters. The molecule has 1 N–H and O–H groups in total. The van der Waals surface area contributed by atoms with E-state index in [-0.39, 0.29) is 6.61 Å². The Balaban J connectivity index is 2.08. The second kappa shape index (κ2) is 5.46. The van der Waals surface area contributed by atoms with Gasteiger partial charge in [0, 0.05) is 25.3 Å². The average molecular weight is 302 g/mol. The molecule has 21 heavy (non-hydrogen) atoms.